The second-order valence-corrected chi connectivity index (χ2v) is 3.59. The van der Waals surface area contributed by atoms with Crippen molar-refractivity contribution in [3.05, 3.63) is 0 Å². The molecule has 2 rings (SSSR count). The molecule has 10 heavy (non-hydrogen) atoms. The molecule has 2 atom stereocenters. The van der Waals surface area contributed by atoms with Gasteiger partial charge in [0.2, 0.25) is 0 Å². The fourth-order valence-corrected chi connectivity index (χ4v) is 2.19. The molecule has 0 amide bonds. The monoisotopic (exact) mass is 140 g/mol. The summed E-state index contributed by atoms with van der Waals surface area (Å²) in [4.78, 5) is 0. The Kier molecular flexibility index (Phi) is 1.69. The highest BCUT2D eigenvalue weighted by Gasteiger charge is 2.43. The number of rotatable bonds is 2. The standard InChI is InChI=1S/C9H16O/c1-2-8-9(10-8)7-5-3-4-6-7/h7-9H,2-6H2,1H3. The fourth-order valence-electron chi connectivity index (χ4n) is 2.19. The summed E-state index contributed by atoms with van der Waals surface area (Å²) >= 11 is 0. The second kappa shape index (κ2) is 2.54. The van der Waals surface area contributed by atoms with Crippen LogP contribution in [0.1, 0.15) is 39.0 Å². The van der Waals surface area contributed by atoms with Crippen molar-refractivity contribution in [1.29, 1.82) is 0 Å². The summed E-state index contributed by atoms with van der Waals surface area (Å²) in [5, 5.41) is 0. The van der Waals surface area contributed by atoms with Gasteiger partial charge in [0.1, 0.15) is 0 Å². The number of hydrogen-bond acceptors (Lipinski definition) is 1. The average molecular weight is 140 g/mol. The van der Waals surface area contributed by atoms with Gasteiger partial charge in [0, 0.05) is 0 Å². The quantitative estimate of drug-likeness (QED) is 0.536. The fraction of sp³-hybridized carbons (Fsp3) is 1.00. The van der Waals surface area contributed by atoms with E-state index < -0.39 is 0 Å². The third-order valence-electron chi connectivity index (χ3n) is 2.89. The van der Waals surface area contributed by atoms with E-state index in [2.05, 4.69) is 6.92 Å². The molecule has 2 unspecified atom stereocenters. The van der Waals surface area contributed by atoms with E-state index in [1.54, 1.807) is 0 Å². The van der Waals surface area contributed by atoms with Gasteiger partial charge in [-0.05, 0) is 25.2 Å². The molecule has 0 spiro atoms. The Hall–Kier alpha value is -0.0400. The zero-order valence-corrected chi connectivity index (χ0v) is 6.68. The van der Waals surface area contributed by atoms with Crippen molar-refractivity contribution in [2.24, 2.45) is 5.92 Å². The van der Waals surface area contributed by atoms with Crippen molar-refractivity contribution in [2.75, 3.05) is 0 Å². The van der Waals surface area contributed by atoms with E-state index in [-0.39, 0.29) is 0 Å². The maximum Gasteiger partial charge on any atom is 0.0869 e. The number of epoxide rings is 1. The first-order valence-electron chi connectivity index (χ1n) is 4.57. The number of ether oxygens (including phenoxy) is 1. The Bertz CT molecular complexity index is 116. The van der Waals surface area contributed by atoms with Gasteiger partial charge in [0.25, 0.3) is 0 Å². The van der Waals surface area contributed by atoms with Gasteiger partial charge < -0.3 is 4.74 Å². The zero-order chi connectivity index (χ0) is 6.97. The largest absolute Gasteiger partial charge is 0.369 e. The van der Waals surface area contributed by atoms with Gasteiger partial charge in [-0.3, -0.25) is 0 Å². The molecular formula is C9H16O. The molecule has 1 nitrogen and oxygen atoms in total. The third kappa shape index (κ3) is 1.07. The van der Waals surface area contributed by atoms with E-state index in [1.165, 1.54) is 32.1 Å². The van der Waals surface area contributed by atoms with E-state index in [9.17, 15) is 0 Å². The molecule has 1 aliphatic carbocycles. The van der Waals surface area contributed by atoms with Crippen LogP contribution in [-0.2, 0) is 4.74 Å². The molecule has 2 aliphatic rings. The lowest BCUT2D eigenvalue weighted by atomic mass is 10.0. The Balaban J connectivity index is 1.79. The lowest BCUT2D eigenvalue weighted by Gasteiger charge is -2.01. The highest BCUT2D eigenvalue weighted by Crippen LogP contribution is 2.40. The maximum absolute atomic E-state index is 5.55. The summed E-state index contributed by atoms with van der Waals surface area (Å²) in [6, 6.07) is 0. The van der Waals surface area contributed by atoms with Crippen molar-refractivity contribution in [2.45, 2.75) is 51.2 Å². The van der Waals surface area contributed by atoms with Gasteiger partial charge >= 0.3 is 0 Å². The van der Waals surface area contributed by atoms with Gasteiger partial charge in [-0.15, -0.1) is 0 Å². The lowest BCUT2D eigenvalue weighted by molar-refractivity contribution is 0.316. The van der Waals surface area contributed by atoms with Crippen LogP contribution in [0.4, 0.5) is 0 Å². The van der Waals surface area contributed by atoms with Crippen LogP contribution in [0.5, 0.6) is 0 Å². The Morgan fingerprint density at radius 1 is 1.30 bits per heavy atom. The van der Waals surface area contributed by atoms with Crippen molar-refractivity contribution < 1.29 is 4.74 Å². The third-order valence-corrected chi connectivity index (χ3v) is 2.89. The maximum atomic E-state index is 5.55. The molecule has 1 heterocycles. The summed E-state index contributed by atoms with van der Waals surface area (Å²) in [5.74, 6) is 0.935. The second-order valence-electron chi connectivity index (χ2n) is 3.59. The first kappa shape index (κ1) is 6.66. The molecule has 0 aromatic rings. The van der Waals surface area contributed by atoms with Crippen LogP contribution in [0, 0.1) is 5.92 Å². The lowest BCUT2D eigenvalue weighted by Crippen LogP contribution is -2.05. The van der Waals surface area contributed by atoms with E-state index in [1.807, 2.05) is 0 Å². The van der Waals surface area contributed by atoms with Crippen LogP contribution in [0.25, 0.3) is 0 Å². The first-order chi connectivity index (χ1) is 4.92. The molecule has 1 aliphatic heterocycles. The normalized spacial score (nSPS) is 40.5. The van der Waals surface area contributed by atoms with Crippen molar-refractivity contribution in [3.8, 4) is 0 Å². The molecule has 0 aromatic carbocycles. The van der Waals surface area contributed by atoms with Crippen molar-refractivity contribution >= 4 is 0 Å². The molecule has 1 saturated heterocycles. The summed E-state index contributed by atoms with van der Waals surface area (Å²) in [6.07, 6.45) is 8.29. The van der Waals surface area contributed by atoms with Gasteiger partial charge in [-0.2, -0.15) is 0 Å². The summed E-state index contributed by atoms with van der Waals surface area (Å²) in [6.45, 7) is 2.22. The van der Waals surface area contributed by atoms with Crippen LogP contribution in [0.3, 0.4) is 0 Å². The molecule has 1 saturated carbocycles. The van der Waals surface area contributed by atoms with E-state index in [0.29, 0.717) is 12.2 Å². The SMILES string of the molecule is CCC1OC1C1CCCC1. The van der Waals surface area contributed by atoms with Crippen LogP contribution in [0.15, 0.2) is 0 Å². The van der Waals surface area contributed by atoms with Crippen LogP contribution in [-0.4, -0.2) is 12.2 Å². The first-order valence-corrected chi connectivity index (χ1v) is 4.57. The van der Waals surface area contributed by atoms with Crippen LogP contribution < -0.4 is 0 Å². The summed E-state index contributed by atoms with van der Waals surface area (Å²) < 4.78 is 5.55. The molecule has 0 N–H and O–H groups in total. The highest BCUT2D eigenvalue weighted by molar-refractivity contribution is 4.91. The molecule has 0 bridgehead atoms. The van der Waals surface area contributed by atoms with E-state index in [0.717, 1.165) is 5.92 Å². The minimum absolute atomic E-state index is 0.642. The molecule has 2 fully saturated rings. The van der Waals surface area contributed by atoms with Gasteiger partial charge in [-0.1, -0.05) is 19.8 Å². The van der Waals surface area contributed by atoms with Gasteiger partial charge in [0.05, 0.1) is 12.2 Å². The Morgan fingerprint density at radius 2 is 2.00 bits per heavy atom. The average Bonchev–Trinajstić information content (AvgIpc) is 2.56. The van der Waals surface area contributed by atoms with Crippen LogP contribution >= 0.6 is 0 Å². The van der Waals surface area contributed by atoms with Crippen LogP contribution in [0.2, 0.25) is 0 Å². The number of hydrogen-bond donors (Lipinski definition) is 0. The van der Waals surface area contributed by atoms with Gasteiger partial charge in [0.15, 0.2) is 0 Å². The highest BCUT2D eigenvalue weighted by atomic mass is 16.6. The topological polar surface area (TPSA) is 12.5 Å². The molecule has 0 aromatic heterocycles. The molecule has 1 heteroatoms. The van der Waals surface area contributed by atoms with Gasteiger partial charge in [-0.25, -0.2) is 0 Å². The summed E-state index contributed by atoms with van der Waals surface area (Å²) in [5.41, 5.74) is 0. The predicted octanol–water partition coefficient (Wildman–Crippen LogP) is 2.35. The molecule has 0 radical (unpaired) electrons. The Labute approximate surface area is 62.8 Å². The minimum Gasteiger partial charge on any atom is -0.369 e. The molecular weight excluding hydrogens is 124 g/mol. The van der Waals surface area contributed by atoms with Crippen molar-refractivity contribution in [1.82, 2.24) is 0 Å². The Morgan fingerprint density at radius 3 is 2.50 bits per heavy atom. The molecule has 58 valence electrons. The van der Waals surface area contributed by atoms with Crippen molar-refractivity contribution in [3.63, 3.8) is 0 Å². The smallest absolute Gasteiger partial charge is 0.0869 e. The van der Waals surface area contributed by atoms with E-state index >= 15 is 0 Å². The summed E-state index contributed by atoms with van der Waals surface area (Å²) in [7, 11) is 0. The predicted molar refractivity (Wildman–Crippen MR) is 40.9 cm³/mol. The minimum atomic E-state index is 0.642. The van der Waals surface area contributed by atoms with E-state index in [4.69, 9.17) is 4.74 Å². The zero-order valence-electron chi connectivity index (χ0n) is 6.68.